The summed E-state index contributed by atoms with van der Waals surface area (Å²) in [5.74, 6) is 0.907. The third kappa shape index (κ3) is 3.18. The molecule has 1 aromatic rings. The fraction of sp³-hybridized carbons (Fsp3) is 0.474. The molecule has 0 radical (unpaired) electrons. The number of nitrogens with one attached hydrogen (secondary N) is 2. The minimum absolute atomic E-state index is 0.0196. The van der Waals surface area contributed by atoms with Crippen LogP contribution in [0.5, 0.6) is 5.75 Å². The smallest absolute Gasteiger partial charge is 0.156 e. The maximum Gasteiger partial charge on any atom is 0.156 e. The van der Waals surface area contributed by atoms with Crippen LogP contribution < -0.4 is 10.1 Å². The molecule has 0 saturated carbocycles. The summed E-state index contributed by atoms with van der Waals surface area (Å²) < 4.78 is 5.67. The molecule has 1 atom stereocenters. The van der Waals surface area contributed by atoms with Gasteiger partial charge in [0, 0.05) is 24.4 Å². The fourth-order valence-electron chi connectivity index (χ4n) is 4.01. The molecule has 0 spiro atoms. The molecular weight excluding hydrogens is 359 g/mol. The summed E-state index contributed by atoms with van der Waals surface area (Å²) in [5, 5.41) is 11.2. The number of benzene rings is 1. The topological polar surface area (TPSA) is 62.2 Å². The van der Waals surface area contributed by atoms with Crippen LogP contribution in [0.4, 0.5) is 0 Å². The molecule has 1 unspecified atom stereocenters. The second kappa shape index (κ2) is 7.00. The highest BCUT2D eigenvalue weighted by molar-refractivity contribution is 6.44. The number of halogens is 2. The minimum atomic E-state index is -0.0196. The zero-order valence-corrected chi connectivity index (χ0v) is 16.0. The molecule has 25 heavy (non-hydrogen) atoms. The van der Waals surface area contributed by atoms with Gasteiger partial charge < -0.3 is 10.1 Å². The Balaban J connectivity index is 2.04. The van der Waals surface area contributed by atoms with Gasteiger partial charge >= 0.3 is 0 Å². The number of carbonyl (C=O) groups excluding carboxylic acids is 1. The summed E-state index contributed by atoms with van der Waals surface area (Å²) in [4.78, 5) is 12.0. The number of carbonyl (C=O) groups is 1. The van der Waals surface area contributed by atoms with Crippen LogP contribution in [0.25, 0.3) is 5.57 Å². The third-order valence-corrected chi connectivity index (χ3v) is 6.03. The van der Waals surface area contributed by atoms with Gasteiger partial charge in [0.05, 0.1) is 5.02 Å². The monoisotopic (exact) mass is 380 g/mol. The lowest BCUT2D eigenvalue weighted by atomic mass is 9.70. The highest BCUT2D eigenvalue weighted by Gasteiger charge is 2.45. The molecule has 0 aromatic heterocycles. The molecule has 2 aliphatic rings. The number of amidine groups is 1. The van der Waals surface area contributed by atoms with E-state index in [9.17, 15) is 4.79 Å². The molecular formula is C19H22Cl2N2O2. The Bertz CT molecular complexity index is 773. The van der Waals surface area contributed by atoms with Crippen LogP contribution in [0, 0.1) is 10.8 Å². The molecule has 134 valence electrons. The zero-order chi connectivity index (χ0) is 18.2. The Kier molecular flexibility index (Phi) is 5.12. The van der Waals surface area contributed by atoms with Gasteiger partial charge in [0.2, 0.25) is 0 Å². The molecule has 6 heteroatoms. The quantitative estimate of drug-likeness (QED) is 0.576. The normalized spacial score (nSPS) is 21.4. The number of ether oxygens (including phenoxy) is 1. The van der Waals surface area contributed by atoms with E-state index >= 15 is 0 Å². The van der Waals surface area contributed by atoms with Crippen molar-refractivity contribution < 1.29 is 9.53 Å². The van der Waals surface area contributed by atoms with Crippen molar-refractivity contribution in [2.75, 3.05) is 13.7 Å². The van der Waals surface area contributed by atoms with E-state index in [4.69, 9.17) is 33.3 Å². The van der Waals surface area contributed by atoms with Gasteiger partial charge in [0.1, 0.15) is 23.2 Å². The molecule has 0 amide bonds. The van der Waals surface area contributed by atoms with Crippen molar-refractivity contribution in [3.8, 4) is 5.75 Å². The van der Waals surface area contributed by atoms with E-state index in [1.165, 1.54) is 0 Å². The summed E-state index contributed by atoms with van der Waals surface area (Å²) in [6, 6.07) is 1.92. The van der Waals surface area contributed by atoms with E-state index in [-0.39, 0.29) is 23.6 Å². The summed E-state index contributed by atoms with van der Waals surface area (Å²) >= 11 is 13.0. The van der Waals surface area contributed by atoms with Gasteiger partial charge in [0.25, 0.3) is 0 Å². The average molecular weight is 381 g/mol. The number of fused-ring (bicyclic) bond motifs is 3. The first-order chi connectivity index (χ1) is 11.9. The lowest BCUT2D eigenvalue weighted by Crippen LogP contribution is -2.25. The molecule has 0 bridgehead atoms. The Hall–Kier alpha value is -1.52. The number of rotatable bonds is 5. The summed E-state index contributed by atoms with van der Waals surface area (Å²) in [6.07, 6.45) is 6.14. The van der Waals surface area contributed by atoms with Crippen LogP contribution in [-0.2, 0) is 11.2 Å². The van der Waals surface area contributed by atoms with E-state index in [1.54, 1.807) is 13.1 Å². The molecule has 0 fully saturated rings. The number of hydrogen-bond donors (Lipinski definition) is 2. The maximum atomic E-state index is 12.0. The molecule has 0 saturated heterocycles. The van der Waals surface area contributed by atoms with Crippen LogP contribution >= 0.6 is 23.2 Å². The van der Waals surface area contributed by atoms with E-state index < -0.39 is 0 Å². The first-order valence-corrected chi connectivity index (χ1v) is 9.31. The van der Waals surface area contributed by atoms with E-state index in [1.807, 2.05) is 6.07 Å². The number of allylic oxidation sites excluding steroid dienone is 2. The molecule has 0 aliphatic heterocycles. The van der Waals surface area contributed by atoms with E-state index in [0.29, 0.717) is 22.2 Å². The molecule has 1 aromatic carbocycles. The Morgan fingerprint density at radius 3 is 2.84 bits per heavy atom. The van der Waals surface area contributed by atoms with Crippen molar-refractivity contribution in [1.82, 2.24) is 5.32 Å². The second-order valence-corrected chi connectivity index (χ2v) is 7.54. The fourth-order valence-corrected chi connectivity index (χ4v) is 4.53. The van der Waals surface area contributed by atoms with Crippen molar-refractivity contribution >= 4 is 40.4 Å². The number of hydrogen-bond acceptors (Lipinski definition) is 3. The van der Waals surface area contributed by atoms with Crippen molar-refractivity contribution in [2.45, 2.75) is 39.0 Å². The lowest BCUT2D eigenvalue weighted by molar-refractivity contribution is -0.115. The Morgan fingerprint density at radius 2 is 2.16 bits per heavy atom. The van der Waals surface area contributed by atoms with Crippen LogP contribution in [0.2, 0.25) is 10.0 Å². The summed E-state index contributed by atoms with van der Waals surface area (Å²) in [7, 11) is 1.67. The van der Waals surface area contributed by atoms with Crippen molar-refractivity contribution in [2.24, 2.45) is 5.41 Å². The van der Waals surface area contributed by atoms with Crippen molar-refractivity contribution in [1.29, 1.82) is 5.41 Å². The average Bonchev–Trinajstić information content (AvgIpc) is 2.90. The number of ketones is 1. The molecule has 4 nitrogen and oxygen atoms in total. The SMILES string of the molecule is CCCC12CCC(=O)C=C1c1c(cc(OCC(=N)NC)c(Cl)c1Cl)C2. The zero-order valence-electron chi connectivity index (χ0n) is 14.5. The first-order valence-electron chi connectivity index (χ1n) is 8.56. The van der Waals surface area contributed by atoms with Gasteiger partial charge in [0.15, 0.2) is 5.78 Å². The van der Waals surface area contributed by atoms with Gasteiger partial charge in [-0.05, 0) is 42.5 Å². The molecule has 0 heterocycles. The summed E-state index contributed by atoms with van der Waals surface area (Å²) in [5.41, 5.74) is 3.01. The Labute approximate surface area is 158 Å². The van der Waals surface area contributed by atoms with Crippen molar-refractivity contribution in [3.05, 3.63) is 33.3 Å². The summed E-state index contributed by atoms with van der Waals surface area (Å²) in [6.45, 7) is 2.27. The van der Waals surface area contributed by atoms with E-state index in [2.05, 4.69) is 12.2 Å². The third-order valence-electron chi connectivity index (χ3n) is 5.18. The largest absolute Gasteiger partial charge is 0.484 e. The lowest BCUT2D eigenvalue weighted by Gasteiger charge is -2.33. The highest BCUT2D eigenvalue weighted by atomic mass is 35.5. The van der Waals surface area contributed by atoms with Gasteiger partial charge in [-0.25, -0.2) is 0 Å². The molecule has 3 rings (SSSR count). The van der Waals surface area contributed by atoms with Gasteiger partial charge in [-0.2, -0.15) is 0 Å². The van der Waals surface area contributed by atoms with E-state index in [0.717, 1.165) is 42.4 Å². The number of likely N-dealkylation sites (N-methyl/N-ethyl adjacent to an activating group) is 1. The van der Waals surface area contributed by atoms with Crippen LogP contribution in [0.15, 0.2) is 12.1 Å². The predicted molar refractivity (Wildman–Crippen MR) is 102 cm³/mol. The standard InChI is InChI=1S/C19H22Cl2N2O2/c1-3-5-19-6-4-12(24)8-13(19)16-11(9-19)7-14(17(20)18(16)21)25-10-15(22)23-2/h7-8H,3-6,9-10H2,1-2H3,(H2,22,23). The van der Waals surface area contributed by atoms with Crippen LogP contribution in [-0.4, -0.2) is 25.3 Å². The van der Waals surface area contributed by atoms with Crippen LogP contribution in [0.1, 0.15) is 43.7 Å². The van der Waals surface area contributed by atoms with Crippen molar-refractivity contribution in [3.63, 3.8) is 0 Å². The van der Waals surface area contributed by atoms with Gasteiger partial charge in [-0.1, -0.05) is 36.5 Å². The van der Waals surface area contributed by atoms with Gasteiger partial charge in [-0.3, -0.25) is 10.2 Å². The highest BCUT2D eigenvalue weighted by Crippen LogP contribution is 2.58. The maximum absolute atomic E-state index is 12.0. The minimum Gasteiger partial charge on any atom is -0.484 e. The first kappa shape index (κ1) is 18.3. The molecule has 2 N–H and O–H groups in total. The predicted octanol–water partition coefficient (Wildman–Crippen LogP) is 4.66. The molecule has 2 aliphatic carbocycles. The van der Waals surface area contributed by atoms with Crippen LogP contribution in [0.3, 0.4) is 0 Å². The van der Waals surface area contributed by atoms with Gasteiger partial charge in [-0.15, -0.1) is 0 Å². The second-order valence-electron chi connectivity index (χ2n) is 6.79. The Morgan fingerprint density at radius 1 is 1.40 bits per heavy atom.